The van der Waals surface area contributed by atoms with Gasteiger partial charge < -0.3 is 9.73 Å². The Kier molecular flexibility index (Phi) is 2.97. The molecule has 0 radical (unpaired) electrons. The molecule has 0 unspecified atom stereocenters. The van der Waals surface area contributed by atoms with Gasteiger partial charge in [0, 0.05) is 17.0 Å². The number of benzene rings is 1. The number of amides is 1. The Hall–Kier alpha value is -1.77. The molecule has 0 spiro atoms. The molecule has 1 aromatic carbocycles. The second-order valence-electron chi connectivity index (χ2n) is 8.19. The van der Waals surface area contributed by atoms with Gasteiger partial charge in [-0.25, -0.2) is 0 Å². The van der Waals surface area contributed by atoms with E-state index in [1.54, 1.807) is 0 Å². The molecule has 23 heavy (non-hydrogen) atoms. The normalized spacial score (nSPS) is 31.7. The fourth-order valence-corrected chi connectivity index (χ4v) is 5.04. The molecule has 4 rings (SSSR count). The van der Waals surface area contributed by atoms with Crippen LogP contribution < -0.4 is 5.32 Å². The molecule has 2 saturated carbocycles. The summed E-state index contributed by atoms with van der Waals surface area (Å²) in [5.74, 6) is 1.12. The Bertz CT molecular complexity index is 788. The monoisotopic (exact) mass is 311 g/mol. The van der Waals surface area contributed by atoms with Crippen molar-refractivity contribution in [1.82, 2.24) is 5.32 Å². The fraction of sp³-hybridized carbons (Fsp3) is 0.550. The third kappa shape index (κ3) is 1.85. The van der Waals surface area contributed by atoms with Crippen molar-refractivity contribution in [1.29, 1.82) is 0 Å². The first-order valence-corrected chi connectivity index (χ1v) is 8.63. The number of nitrogens with one attached hydrogen (secondary N) is 1. The first-order chi connectivity index (χ1) is 10.8. The lowest BCUT2D eigenvalue weighted by Gasteiger charge is -2.39. The number of hydrogen-bond donors (Lipinski definition) is 1. The van der Waals surface area contributed by atoms with Crippen LogP contribution in [0.2, 0.25) is 0 Å². The SMILES string of the molecule is Cc1c(C(=O)N[C@@H]2C[C@@H]3CC[C@@]2(C)C3(C)C)oc2ccccc12. The van der Waals surface area contributed by atoms with Gasteiger partial charge in [-0.3, -0.25) is 4.79 Å². The van der Waals surface area contributed by atoms with Crippen LogP contribution in [0.15, 0.2) is 28.7 Å². The van der Waals surface area contributed by atoms with E-state index in [0.717, 1.165) is 28.9 Å². The van der Waals surface area contributed by atoms with E-state index in [2.05, 4.69) is 26.1 Å². The molecule has 3 atom stereocenters. The first kappa shape index (κ1) is 14.8. The predicted octanol–water partition coefficient (Wildman–Crippen LogP) is 4.69. The number of aryl methyl sites for hydroxylation is 1. The van der Waals surface area contributed by atoms with E-state index in [-0.39, 0.29) is 17.4 Å². The van der Waals surface area contributed by atoms with Crippen molar-refractivity contribution < 1.29 is 9.21 Å². The minimum atomic E-state index is -0.0618. The molecule has 2 fully saturated rings. The maximum Gasteiger partial charge on any atom is 0.287 e. The minimum absolute atomic E-state index is 0.0618. The number of para-hydroxylation sites is 1. The van der Waals surface area contributed by atoms with Crippen LogP contribution >= 0.6 is 0 Å². The van der Waals surface area contributed by atoms with Gasteiger partial charge in [0.25, 0.3) is 5.91 Å². The number of carbonyl (C=O) groups is 1. The Morgan fingerprint density at radius 3 is 2.61 bits per heavy atom. The quantitative estimate of drug-likeness (QED) is 0.874. The molecule has 2 aromatic rings. The third-order valence-electron chi connectivity index (χ3n) is 7.15. The summed E-state index contributed by atoms with van der Waals surface area (Å²) in [6.45, 7) is 9.04. The predicted molar refractivity (Wildman–Crippen MR) is 91.4 cm³/mol. The zero-order chi connectivity index (χ0) is 16.4. The van der Waals surface area contributed by atoms with Crippen LogP contribution in [0.1, 0.15) is 56.2 Å². The Morgan fingerprint density at radius 2 is 2.00 bits per heavy atom. The standard InChI is InChI=1S/C20H25NO2/c1-12-14-7-5-6-8-15(14)23-17(12)18(22)21-16-11-13-9-10-20(16,4)19(13,2)3/h5-8,13,16H,9-11H2,1-4H3,(H,21,22)/t13-,16+,20+/m0/s1. The summed E-state index contributed by atoms with van der Waals surface area (Å²) in [6.07, 6.45) is 3.59. The summed E-state index contributed by atoms with van der Waals surface area (Å²) in [5.41, 5.74) is 2.21. The van der Waals surface area contributed by atoms with Crippen molar-refractivity contribution in [2.45, 2.75) is 53.0 Å². The molecule has 3 nitrogen and oxygen atoms in total. The highest BCUT2D eigenvalue weighted by Gasteiger charge is 2.61. The molecule has 122 valence electrons. The number of rotatable bonds is 2. The van der Waals surface area contributed by atoms with Gasteiger partial charge in [-0.15, -0.1) is 0 Å². The lowest BCUT2D eigenvalue weighted by Crippen LogP contribution is -2.46. The molecule has 0 aliphatic heterocycles. The minimum Gasteiger partial charge on any atom is -0.451 e. The lowest BCUT2D eigenvalue weighted by molar-refractivity contribution is 0.0802. The summed E-state index contributed by atoms with van der Waals surface area (Å²) in [4.78, 5) is 12.8. The van der Waals surface area contributed by atoms with Gasteiger partial charge in [-0.2, -0.15) is 0 Å². The maximum atomic E-state index is 12.8. The molecule has 2 aliphatic carbocycles. The van der Waals surface area contributed by atoms with E-state index < -0.39 is 0 Å². The van der Waals surface area contributed by atoms with E-state index in [0.29, 0.717) is 11.2 Å². The van der Waals surface area contributed by atoms with Gasteiger partial charge in [0.1, 0.15) is 5.58 Å². The van der Waals surface area contributed by atoms with Crippen LogP contribution in [0.4, 0.5) is 0 Å². The fourth-order valence-electron chi connectivity index (χ4n) is 5.04. The third-order valence-corrected chi connectivity index (χ3v) is 7.15. The van der Waals surface area contributed by atoms with E-state index in [4.69, 9.17) is 4.42 Å². The highest BCUT2D eigenvalue weighted by Crippen LogP contribution is 2.65. The van der Waals surface area contributed by atoms with Crippen molar-refractivity contribution in [2.24, 2.45) is 16.7 Å². The van der Waals surface area contributed by atoms with Gasteiger partial charge in [0.05, 0.1) is 0 Å². The van der Waals surface area contributed by atoms with Crippen molar-refractivity contribution in [3.05, 3.63) is 35.6 Å². The van der Waals surface area contributed by atoms with E-state index in [9.17, 15) is 4.79 Å². The number of carbonyl (C=O) groups excluding carboxylic acids is 1. The summed E-state index contributed by atoms with van der Waals surface area (Å²) >= 11 is 0. The van der Waals surface area contributed by atoms with Crippen LogP contribution in [0, 0.1) is 23.7 Å². The summed E-state index contributed by atoms with van der Waals surface area (Å²) in [5, 5.41) is 4.32. The lowest BCUT2D eigenvalue weighted by atomic mass is 9.69. The zero-order valence-corrected chi connectivity index (χ0v) is 14.4. The molecular weight excluding hydrogens is 286 g/mol. The van der Waals surface area contributed by atoms with Crippen LogP contribution in [0.5, 0.6) is 0 Å². The van der Waals surface area contributed by atoms with Gasteiger partial charge in [-0.1, -0.05) is 39.0 Å². The Labute approximate surface area is 137 Å². The second-order valence-corrected chi connectivity index (χ2v) is 8.19. The van der Waals surface area contributed by atoms with Crippen molar-refractivity contribution >= 4 is 16.9 Å². The molecule has 1 aromatic heterocycles. The van der Waals surface area contributed by atoms with Gasteiger partial charge >= 0.3 is 0 Å². The van der Waals surface area contributed by atoms with Gasteiger partial charge in [-0.05, 0) is 49.0 Å². The first-order valence-electron chi connectivity index (χ1n) is 8.63. The molecule has 2 bridgehead atoms. The van der Waals surface area contributed by atoms with E-state index in [1.165, 1.54) is 12.8 Å². The van der Waals surface area contributed by atoms with Crippen LogP contribution in [-0.4, -0.2) is 11.9 Å². The molecule has 1 N–H and O–H groups in total. The largest absolute Gasteiger partial charge is 0.451 e. The Balaban J connectivity index is 1.62. The molecule has 1 heterocycles. The van der Waals surface area contributed by atoms with Crippen molar-refractivity contribution in [3.8, 4) is 0 Å². The maximum absolute atomic E-state index is 12.8. The van der Waals surface area contributed by atoms with Gasteiger partial charge in [0.15, 0.2) is 5.76 Å². The number of furan rings is 1. The highest BCUT2D eigenvalue weighted by molar-refractivity contribution is 5.99. The highest BCUT2D eigenvalue weighted by atomic mass is 16.3. The summed E-state index contributed by atoms with van der Waals surface area (Å²) in [6, 6.07) is 8.09. The van der Waals surface area contributed by atoms with Crippen LogP contribution in [0.3, 0.4) is 0 Å². The summed E-state index contributed by atoms with van der Waals surface area (Å²) < 4.78 is 5.82. The van der Waals surface area contributed by atoms with E-state index >= 15 is 0 Å². The second kappa shape index (κ2) is 4.62. The van der Waals surface area contributed by atoms with Crippen LogP contribution in [0.25, 0.3) is 11.0 Å². The zero-order valence-electron chi connectivity index (χ0n) is 14.4. The smallest absolute Gasteiger partial charge is 0.287 e. The topological polar surface area (TPSA) is 42.2 Å². The number of hydrogen-bond acceptors (Lipinski definition) is 2. The molecular formula is C20H25NO2. The number of fused-ring (bicyclic) bond motifs is 3. The average molecular weight is 311 g/mol. The van der Waals surface area contributed by atoms with E-state index in [1.807, 2.05) is 31.2 Å². The van der Waals surface area contributed by atoms with Crippen LogP contribution in [-0.2, 0) is 0 Å². The molecule has 0 saturated heterocycles. The van der Waals surface area contributed by atoms with Gasteiger partial charge in [0.2, 0.25) is 0 Å². The molecule has 3 heteroatoms. The average Bonchev–Trinajstić information content (AvgIpc) is 3.03. The molecule has 1 amide bonds. The molecule has 2 aliphatic rings. The Morgan fingerprint density at radius 1 is 1.26 bits per heavy atom. The summed E-state index contributed by atoms with van der Waals surface area (Å²) in [7, 11) is 0. The van der Waals surface area contributed by atoms with Crippen molar-refractivity contribution in [2.75, 3.05) is 0 Å². The van der Waals surface area contributed by atoms with Crippen molar-refractivity contribution in [3.63, 3.8) is 0 Å².